The maximum absolute atomic E-state index is 12.0. The van der Waals surface area contributed by atoms with E-state index in [9.17, 15) is 9.59 Å². The zero-order valence-electron chi connectivity index (χ0n) is 10.8. The second-order valence-electron chi connectivity index (χ2n) is 4.70. The minimum Gasteiger partial charge on any atom is -0.481 e. The summed E-state index contributed by atoms with van der Waals surface area (Å²) in [5, 5.41) is 8.77. The highest BCUT2D eigenvalue weighted by Gasteiger charge is 2.30. The number of benzene rings is 1. The molecule has 1 atom stereocenters. The fourth-order valence-electron chi connectivity index (χ4n) is 2.27. The number of aryl methyl sites for hydroxylation is 1. The molecule has 1 aliphatic rings. The first-order valence-corrected chi connectivity index (χ1v) is 6.26. The van der Waals surface area contributed by atoms with Gasteiger partial charge < -0.3 is 14.7 Å². The van der Waals surface area contributed by atoms with Gasteiger partial charge in [0.1, 0.15) is 6.61 Å². The number of ether oxygens (including phenoxy) is 1. The first-order valence-electron chi connectivity index (χ1n) is 6.26. The summed E-state index contributed by atoms with van der Waals surface area (Å²) in [6, 6.07) is 7.43. The van der Waals surface area contributed by atoms with Crippen LogP contribution < -0.4 is 4.90 Å². The van der Waals surface area contributed by atoms with Crippen LogP contribution in [0, 0.1) is 6.92 Å². The SMILES string of the molecule is Cc1cccc(N2C(=O)COCC2CCC(=O)O)c1. The number of anilines is 1. The molecule has 1 aliphatic heterocycles. The molecule has 1 saturated heterocycles. The van der Waals surface area contributed by atoms with E-state index in [2.05, 4.69) is 0 Å². The average Bonchev–Trinajstić information content (AvgIpc) is 2.36. The predicted octanol–water partition coefficient (Wildman–Crippen LogP) is 1.59. The summed E-state index contributed by atoms with van der Waals surface area (Å²) in [5.41, 5.74) is 1.87. The van der Waals surface area contributed by atoms with Crippen LogP contribution in [-0.4, -0.2) is 36.2 Å². The van der Waals surface area contributed by atoms with E-state index in [0.717, 1.165) is 11.3 Å². The van der Waals surface area contributed by atoms with E-state index in [1.54, 1.807) is 4.90 Å². The maximum Gasteiger partial charge on any atom is 0.303 e. The number of nitrogens with zero attached hydrogens (tertiary/aromatic N) is 1. The van der Waals surface area contributed by atoms with Crippen LogP contribution in [0.25, 0.3) is 0 Å². The van der Waals surface area contributed by atoms with Crippen molar-refractivity contribution in [3.63, 3.8) is 0 Å². The van der Waals surface area contributed by atoms with Crippen molar-refractivity contribution in [2.24, 2.45) is 0 Å². The lowest BCUT2D eigenvalue weighted by molar-refractivity contribution is -0.138. The average molecular weight is 263 g/mol. The van der Waals surface area contributed by atoms with Crippen LogP contribution in [0.3, 0.4) is 0 Å². The van der Waals surface area contributed by atoms with Crippen molar-refractivity contribution in [3.05, 3.63) is 29.8 Å². The second-order valence-corrected chi connectivity index (χ2v) is 4.70. The number of hydrogen-bond acceptors (Lipinski definition) is 3. The van der Waals surface area contributed by atoms with Crippen molar-refractivity contribution < 1.29 is 19.4 Å². The standard InChI is InChI=1S/C14H17NO4/c1-10-3-2-4-11(7-10)15-12(5-6-14(17)18)8-19-9-13(15)16/h2-4,7,12H,5-6,8-9H2,1H3,(H,17,18). The van der Waals surface area contributed by atoms with Gasteiger partial charge in [0, 0.05) is 12.1 Å². The Bertz CT molecular complexity index is 486. The first-order chi connectivity index (χ1) is 9.08. The van der Waals surface area contributed by atoms with Gasteiger partial charge in [-0.05, 0) is 31.0 Å². The van der Waals surface area contributed by atoms with Crippen LogP contribution >= 0.6 is 0 Å². The Kier molecular flexibility index (Phi) is 4.16. The third-order valence-electron chi connectivity index (χ3n) is 3.14. The Hall–Kier alpha value is -1.88. The third-order valence-corrected chi connectivity index (χ3v) is 3.14. The van der Waals surface area contributed by atoms with E-state index >= 15 is 0 Å². The molecule has 5 heteroatoms. The zero-order chi connectivity index (χ0) is 13.8. The fourth-order valence-corrected chi connectivity index (χ4v) is 2.27. The summed E-state index contributed by atoms with van der Waals surface area (Å²) in [4.78, 5) is 24.4. The maximum atomic E-state index is 12.0. The lowest BCUT2D eigenvalue weighted by atomic mass is 10.1. The molecule has 2 rings (SSSR count). The van der Waals surface area contributed by atoms with Gasteiger partial charge in [-0.3, -0.25) is 9.59 Å². The van der Waals surface area contributed by atoms with E-state index in [0.29, 0.717) is 13.0 Å². The Morgan fingerprint density at radius 3 is 3.00 bits per heavy atom. The molecule has 1 aromatic carbocycles. The molecule has 5 nitrogen and oxygen atoms in total. The topological polar surface area (TPSA) is 66.8 Å². The number of aliphatic carboxylic acids is 1. The molecule has 102 valence electrons. The zero-order valence-corrected chi connectivity index (χ0v) is 10.8. The molecule has 19 heavy (non-hydrogen) atoms. The van der Waals surface area contributed by atoms with Gasteiger partial charge in [0.2, 0.25) is 0 Å². The predicted molar refractivity (Wildman–Crippen MR) is 70.1 cm³/mol. The van der Waals surface area contributed by atoms with Crippen LogP contribution in [0.4, 0.5) is 5.69 Å². The second kappa shape index (κ2) is 5.84. The largest absolute Gasteiger partial charge is 0.481 e. The highest BCUT2D eigenvalue weighted by molar-refractivity contribution is 5.95. The molecule has 0 radical (unpaired) electrons. The number of carbonyl (C=O) groups is 2. The van der Waals surface area contributed by atoms with Crippen molar-refractivity contribution in [1.82, 2.24) is 0 Å². The van der Waals surface area contributed by atoms with Gasteiger partial charge in [-0.1, -0.05) is 12.1 Å². The lowest BCUT2D eigenvalue weighted by Gasteiger charge is -2.35. The normalized spacial score (nSPS) is 19.5. The Morgan fingerprint density at radius 2 is 2.32 bits per heavy atom. The van der Waals surface area contributed by atoms with Crippen molar-refractivity contribution in [2.45, 2.75) is 25.8 Å². The lowest BCUT2D eigenvalue weighted by Crippen LogP contribution is -2.49. The van der Waals surface area contributed by atoms with Gasteiger partial charge >= 0.3 is 5.97 Å². The van der Waals surface area contributed by atoms with Gasteiger partial charge in [0.25, 0.3) is 5.91 Å². The van der Waals surface area contributed by atoms with E-state index in [1.165, 1.54) is 0 Å². The molecule has 1 amide bonds. The fraction of sp³-hybridized carbons (Fsp3) is 0.429. The van der Waals surface area contributed by atoms with Crippen LogP contribution in [0.15, 0.2) is 24.3 Å². The van der Waals surface area contributed by atoms with E-state index in [-0.39, 0.29) is 25.0 Å². The molecule has 1 aromatic rings. The van der Waals surface area contributed by atoms with Crippen LogP contribution in [-0.2, 0) is 14.3 Å². The Balaban J connectivity index is 2.20. The van der Waals surface area contributed by atoms with Crippen molar-refractivity contribution >= 4 is 17.6 Å². The van der Waals surface area contributed by atoms with Crippen molar-refractivity contribution in [2.75, 3.05) is 18.1 Å². The molecule has 1 N–H and O–H groups in total. The van der Waals surface area contributed by atoms with Gasteiger partial charge in [-0.15, -0.1) is 0 Å². The highest BCUT2D eigenvalue weighted by Crippen LogP contribution is 2.23. The molecule has 1 heterocycles. The molecule has 0 aliphatic carbocycles. The molecule has 1 unspecified atom stereocenters. The number of carbonyl (C=O) groups excluding carboxylic acids is 1. The number of carboxylic acids is 1. The quantitative estimate of drug-likeness (QED) is 0.895. The van der Waals surface area contributed by atoms with Crippen molar-refractivity contribution in [1.29, 1.82) is 0 Å². The van der Waals surface area contributed by atoms with Crippen LogP contribution in [0.2, 0.25) is 0 Å². The van der Waals surface area contributed by atoms with Gasteiger partial charge in [0.15, 0.2) is 0 Å². The van der Waals surface area contributed by atoms with Gasteiger partial charge in [-0.25, -0.2) is 0 Å². The summed E-state index contributed by atoms with van der Waals surface area (Å²) in [6.45, 7) is 2.39. The smallest absolute Gasteiger partial charge is 0.303 e. The molecule has 0 saturated carbocycles. The van der Waals surface area contributed by atoms with E-state index in [1.807, 2.05) is 31.2 Å². The molecular formula is C14H17NO4. The van der Waals surface area contributed by atoms with E-state index < -0.39 is 5.97 Å². The van der Waals surface area contributed by atoms with Crippen LogP contribution in [0.5, 0.6) is 0 Å². The number of carboxylic acid groups (broad SMARTS) is 1. The van der Waals surface area contributed by atoms with Crippen molar-refractivity contribution in [3.8, 4) is 0 Å². The molecule has 1 fully saturated rings. The number of rotatable bonds is 4. The Morgan fingerprint density at radius 1 is 1.53 bits per heavy atom. The number of morpholine rings is 1. The summed E-state index contributed by atoms with van der Waals surface area (Å²) < 4.78 is 5.22. The highest BCUT2D eigenvalue weighted by atomic mass is 16.5. The number of amides is 1. The molecular weight excluding hydrogens is 246 g/mol. The minimum atomic E-state index is -0.859. The molecule has 0 aromatic heterocycles. The summed E-state index contributed by atoms with van der Waals surface area (Å²) >= 11 is 0. The minimum absolute atomic E-state index is 0.0314. The van der Waals surface area contributed by atoms with Crippen LogP contribution in [0.1, 0.15) is 18.4 Å². The molecule has 0 bridgehead atoms. The monoisotopic (exact) mass is 263 g/mol. The molecule has 0 spiro atoms. The Labute approximate surface area is 111 Å². The number of hydrogen-bond donors (Lipinski definition) is 1. The summed E-state index contributed by atoms with van der Waals surface area (Å²) in [7, 11) is 0. The van der Waals surface area contributed by atoms with Gasteiger partial charge in [0.05, 0.1) is 12.6 Å². The summed E-state index contributed by atoms with van der Waals surface area (Å²) in [5.74, 6) is -0.977. The third kappa shape index (κ3) is 3.32. The van der Waals surface area contributed by atoms with Gasteiger partial charge in [-0.2, -0.15) is 0 Å². The summed E-state index contributed by atoms with van der Waals surface area (Å²) in [6.07, 6.45) is 0.429. The van der Waals surface area contributed by atoms with E-state index in [4.69, 9.17) is 9.84 Å². The first kappa shape index (κ1) is 13.5.